The second-order valence-corrected chi connectivity index (χ2v) is 5.47. The lowest BCUT2D eigenvalue weighted by Crippen LogP contribution is -2.14. The fraction of sp³-hybridized carbons (Fsp3) is 0. The summed E-state index contributed by atoms with van der Waals surface area (Å²) >= 11 is 0. The first-order valence-corrected chi connectivity index (χ1v) is 7.70. The zero-order valence-electron chi connectivity index (χ0n) is 12.9. The molecule has 0 radical (unpaired) electrons. The normalized spacial score (nSPS) is 10.7. The minimum absolute atomic E-state index is 0.175. The van der Waals surface area contributed by atoms with Gasteiger partial charge in [-0.15, -0.1) is 0 Å². The molecule has 2 heterocycles. The van der Waals surface area contributed by atoms with Crippen molar-refractivity contribution in [3.8, 4) is 11.1 Å². The largest absolute Gasteiger partial charge is 0.292 e. The number of hydrogen-bond acceptors (Lipinski definition) is 2. The number of nitrogens with one attached hydrogen (secondary N) is 1. The lowest BCUT2D eigenvalue weighted by molar-refractivity contribution is 0.102. The van der Waals surface area contributed by atoms with Gasteiger partial charge in [-0.2, -0.15) is 0 Å². The maximum atomic E-state index is 12.4. The Morgan fingerprint density at radius 1 is 0.833 bits per heavy atom. The molecule has 4 rings (SSSR count). The Kier molecular flexibility index (Phi) is 3.56. The summed E-state index contributed by atoms with van der Waals surface area (Å²) in [6, 6.07) is 23.4. The smallest absolute Gasteiger partial charge is 0.257 e. The van der Waals surface area contributed by atoms with Crippen molar-refractivity contribution in [1.82, 2.24) is 9.38 Å². The summed E-state index contributed by atoms with van der Waals surface area (Å²) in [6.45, 7) is 0. The third-order valence-corrected chi connectivity index (χ3v) is 3.92. The van der Waals surface area contributed by atoms with Crippen LogP contribution in [0.5, 0.6) is 0 Å². The van der Waals surface area contributed by atoms with Crippen LogP contribution in [-0.2, 0) is 0 Å². The minimum atomic E-state index is -0.175. The molecule has 1 amide bonds. The Morgan fingerprint density at radius 2 is 1.54 bits per heavy atom. The Bertz CT molecular complexity index is 988. The highest BCUT2D eigenvalue weighted by atomic mass is 16.1. The van der Waals surface area contributed by atoms with Crippen LogP contribution < -0.4 is 5.32 Å². The van der Waals surface area contributed by atoms with Gasteiger partial charge in [0.25, 0.3) is 5.91 Å². The van der Waals surface area contributed by atoms with Crippen molar-refractivity contribution in [2.24, 2.45) is 0 Å². The molecule has 1 N–H and O–H groups in total. The number of rotatable bonds is 3. The van der Waals surface area contributed by atoms with Gasteiger partial charge in [0.2, 0.25) is 5.95 Å². The summed E-state index contributed by atoms with van der Waals surface area (Å²) in [6.07, 6.45) is 3.60. The highest BCUT2D eigenvalue weighted by Gasteiger charge is 2.10. The van der Waals surface area contributed by atoms with Gasteiger partial charge in [-0.1, -0.05) is 48.5 Å². The Balaban J connectivity index is 1.56. The molecule has 0 aliphatic carbocycles. The lowest BCUT2D eigenvalue weighted by Gasteiger charge is -2.06. The minimum Gasteiger partial charge on any atom is -0.292 e. The molecule has 4 heteroatoms. The maximum Gasteiger partial charge on any atom is 0.257 e. The molecule has 24 heavy (non-hydrogen) atoms. The number of imidazole rings is 1. The number of anilines is 1. The van der Waals surface area contributed by atoms with Gasteiger partial charge in [0.05, 0.1) is 11.7 Å². The zero-order valence-corrected chi connectivity index (χ0v) is 12.9. The van der Waals surface area contributed by atoms with Crippen molar-refractivity contribution in [1.29, 1.82) is 0 Å². The van der Waals surface area contributed by atoms with Gasteiger partial charge in [0.15, 0.2) is 0 Å². The number of pyridine rings is 1. The van der Waals surface area contributed by atoms with Gasteiger partial charge in [0.1, 0.15) is 0 Å². The molecule has 116 valence electrons. The number of nitrogens with zero attached hydrogens (tertiary/aromatic N) is 2. The second-order valence-electron chi connectivity index (χ2n) is 5.47. The molecule has 4 aromatic rings. The summed E-state index contributed by atoms with van der Waals surface area (Å²) < 4.78 is 1.84. The van der Waals surface area contributed by atoms with Crippen LogP contribution >= 0.6 is 0 Å². The van der Waals surface area contributed by atoms with E-state index in [1.807, 2.05) is 83.4 Å². The van der Waals surface area contributed by atoms with E-state index in [1.54, 1.807) is 6.20 Å². The first-order valence-electron chi connectivity index (χ1n) is 7.70. The predicted molar refractivity (Wildman–Crippen MR) is 95.0 cm³/mol. The summed E-state index contributed by atoms with van der Waals surface area (Å²) in [5, 5.41) is 2.85. The van der Waals surface area contributed by atoms with Crippen LogP contribution in [0.1, 0.15) is 10.4 Å². The fourth-order valence-electron chi connectivity index (χ4n) is 2.65. The van der Waals surface area contributed by atoms with Gasteiger partial charge >= 0.3 is 0 Å². The SMILES string of the molecule is O=C(Nc1ncc2ccccn12)c1ccc(-c2ccccc2)cc1. The zero-order chi connectivity index (χ0) is 16.4. The molecule has 0 fully saturated rings. The molecule has 0 spiro atoms. The average molecular weight is 313 g/mol. The molecule has 2 aromatic carbocycles. The summed E-state index contributed by atoms with van der Waals surface area (Å²) in [5.41, 5.74) is 3.75. The van der Waals surface area contributed by atoms with E-state index in [4.69, 9.17) is 0 Å². The molecule has 0 aliphatic heterocycles. The van der Waals surface area contributed by atoms with E-state index in [2.05, 4.69) is 10.3 Å². The molecule has 4 nitrogen and oxygen atoms in total. The molecule has 0 bridgehead atoms. The molecular weight excluding hydrogens is 298 g/mol. The fourth-order valence-corrected chi connectivity index (χ4v) is 2.65. The lowest BCUT2D eigenvalue weighted by atomic mass is 10.0. The van der Waals surface area contributed by atoms with Gasteiger partial charge in [-0.05, 0) is 35.4 Å². The standard InChI is InChI=1S/C20H15N3O/c24-19(22-20-21-14-18-8-4-5-13-23(18)20)17-11-9-16(10-12-17)15-6-2-1-3-7-15/h1-14H,(H,21,22,24). The van der Waals surface area contributed by atoms with E-state index in [0.717, 1.165) is 16.6 Å². The van der Waals surface area contributed by atoms with E-state index in [0.29, 0.717) is 11.5 Å². The maximum absolute atomic E-state index is 12.4. The Morgan fingerprint density at radius 3 is 2.33 bits per heavy atom. The van der Waals surface area contributed by atoms with Gasteiger partial charge in [-0.25, -0.2) is 4.98 Å². The van der Waals surface area contributed by atoms with Crippen LogP contribution in [0.25, 0.3) is 16.6 Å². The van der Waals surface area contributed by atoms with Crippen molar-refractivity contribution in [3.05, 3.63) is 90.8 Å². The van der Waals surface area contributed by atoms with Crippen LogP contribution in [0, 0.1) is 0 Å². The van der Waals surface area contributed by atoms with Gasteiger partial charge in [-0.3, -0.25) is 14.5 Å². The molecule has 0 atom stereocenters. The average Bonchev–Trinajstić information content (AvgIpc) is 3.06. The summed E-state index contributed by atoms with van der Waals surface area (Å²) in [7, 11) is 0. The van der Waals surface area contributed by atoms with Crippen molar-refractivity contribution < 1.29 is 4.79 Å². The number of hydrogen-bond donors (Lipinski definition) is 1. The van der Waals surface area contributed by atoms with Crippen LogP contribution in [0.2, 0.25) is 0 Å². The molecular formula is C20H15N3O. The van der Waals surface area contributed by atoms with Gasteiger partial charge < -0.3 is 0 Å². The predicted octanol–water partition coefficient (Wildman–Crippen LogP) is 4.25. The number of benzene rings is 2. The summed E-state index contributed by atoms with van der Waals surface area (Å²) in [5.74, 6) is 0.341. The Hall–Kier alpha value is -3.40. The quantitative estimate of drug-likeness (QED) is 0.614. The van der Waals surface area contributed by atoms with Crippen LogP contribution in [0.15, 0.2) is 85.2 Å². The third kappa shape index (κ3) is 2.65. The van der Waals surface area contributed by atoms with E-state index < -0.39 is 0 Å². The number of fused-ring (bicyclic) bond motifs is 1. The molecule has 0 unspecified atom stereocenters. The van der Waals surface area contributed by atoms with Crippen LogP contribution in [0.3, 0.4) is 0 Å². The van der Waals surface area contributed by atoms with Crippen molar-refractivity contribution in [2.45, 2.75) is 0 Å². The molecule has 2 aromatic heterocycles. The van der Waals surface area contributed by atoms with Crippen molar-refractivity contribution >= 4 is 17.4 Å². The number of carbonyl (C=O) groups excluding carboxylic acids is 1. The summed E-state index contributed by atoms with van der Waals surface area (Å²) in [4.78, 5) is 16.7. The number of amides is 1. The monoisotopic (exact) mass is 313 g/mol. The third-order valence-electron chi connectivity index (χ3n) is 3.92. The van der Waals surface area contributed by atoms with Crippen LogP contribution in [-0.4, -0.2) is 15.3 Å². The van der Waals surface area contributed by atoms with E-state index in [-0.39, 0.29) is 5.91 Å². The van der Waals surface area contributed by atoms with Crippen molar-refractivity contribution in [3.63, 3.8) is 0 Å². The molecule has 0 saturated heterocycles. The highest BCUT2D eigenvalue weighted by Crippen LogP contribution is 2.20. The first kappa shape index (κ1) is 14.2. The highest BCUT2D eigenvalue weighted by molar-refractivity contribution is 6.03. The molecule has 0 saturated carbocycles. The van der Waals surface area contributed by atoms with Crippen LogP contribution in [0.4, 0.5) is 5.95 Å². The second kappa shape index (κ2) is 6.01. The first-order chi connectivity index (χ1) is 11.8. The van der Waals surface area contributed by atoms with E-state index in [1.165, 1.54) is 0 Å². The Labute approximate surface area is 139 Å². The number of carbonyl (C=O) groups is 1. The topological polar surface area (TPSA) is 46.4 Å². The number of aromatic nitrogens is 2. The van der Waals surface area contributed by atoms with Crippen molar-refractivity contribution in [2.75, 3.05) is 5.32 Å². The van der Waals surface area contributed by atoms with E-state index in [9.17, 15) is 4.79 Å². The van der Waals surface area contributed by atoms with E-state index >= 15 is 0 Å². The molecule has 0 aliphatic rings. The van der Waals surface area contributed by atoms with Gasteiger partial charge in [0, 0.05) is 11.8 Å².